The van der Waals surface area contributed by atoms with Crippen LogP contribution in [0, 0.1) is 0 Å². The molecule has 1 fully saturated rings. The van der Waals surface area contributed by atoms with Crippen LogP contribution in [-0.2, 0) is 15.1 Å². The summed E-state index contributed by atoms with van der Waals surface area (Å²) in [6.07, 6.45) is -7.97. The molecular weight excluding hydrogens is 508 g/mol. The van der Waals surface area contributed by atoms with Crippen LogP contribution in [0.3, 0.4) is 0 Å². The summed E-state index contributed by atoms with van der Waals surface area (Å²) in [6, 6.07) is 6.38. The summed E-state index contributed by atoms with van der Waals surface area (Å²) in [5, 5.41) is 59.3. The molecule has 2 heterocycles. The largest absolute Gasteiger partial charge is 0.507 e. The van der Waals surface area contributed by atoms with Crippen molar-refractivity contribution < 1.29 is 61.7 Å². The lowest BCUT2D eigenvalue weighted by Crippen LogP contribution is -2.60. The van der Waals surface area contributed by atoms with Crippen molar-refractivity contribution >= 4 is 21.4 Å². The van der Waals surface area contributed by atoms with E-state index in [0.29, 0.717) is 0 Å². The number of fused-ring (bicyclic) bond motifs is 1. The Labute approximate surface area is 201 Å². The Bertz CT molecular complexity index is 1450. The molecular formula is C21H20O14S. The number of benzene rings is 2. The fourth-order valence-electron chi connectivity index (χ4n) is 3.61. The van der Waals surface area contributed by atoms with Crippen molar-refractivity contribution in [3.05, 3.63) is 46.6 Å². The quantitative estimate of drug-likeness (QED) is 0.195. The Morgan fingerprint density at radius 3 is 2.33 bits per heavy atom. The number of ether oxygens (including phenoxy) is 2. The Morgan fingerprint density at radius 2 is 1.67 bits per heavy atom. The Balaban J connectivity index is 1.71. The van der Waals surface area contributed by atoms with E-state index in [1.165, 1.54) is 12.1 Å². The van der Waals surface area contributed by atoms with Gasteiger partial charge in [-0.25, -0.2) is 0 Å². The molecule has 1 aliphatic heterocycles. The summed E-state index contributed by atoms with van der Waals surface area (Å²) in [4.78, 5) is 12.6. The molecule has 1 aromatic heterocycles. The van der Waals surface area contributed by atoms with Gasteiger partial charge < -0.3 is 48.7 Å². The van der Waals surface area contributed by atoms with Crippen LogP contribution >= 0.6 is 0 Å². The summed E-state index contributed by atoms with van der Waals surface area (Å²) in [5.74, 6) is -2.09. The molecule has 0 aliphatic carbocycles. The molecule has 0 amide bonds. The predicted octanol–water partition coefficient (Wildman–Crippen LogP) is -0.769. The lowest BCUT2D eigenvalue weighted by atomic mass is 9.99. The van der Waals surface area contributed by atoms with E-state index in [-0.39, 0.29) is 28.0 Å². The first-order valence-corrected chi connectivity index (χ1v) is 11.5. The average molecular weight is 528 g/mol. The second-order valence-electron chi connectivity index (χ2n) is 7.80. The lowest BCUT2D eigenvalue weighted by molar-refractivity contribution is -0.277. The van der Waals surface area contributed by atoms with Crippen LogP contribution < -0.4 is 14.3 Å². The van der Waals surface area contributed by atoms with Crippen molar-refractivity contribution in [1.29, 1.82) is 0 Å². The second kappa shape index (κ2) is 9.55. The second-order valence-corrected chi connectivity index (χ2v) is 8.82. The van der Waals surface area contributed by atoms with Crippen LogP contribution in [0.1, 0.15) is 0 Å². The Hall–Kier alpha value is -3.44. The van der Waals surface area contributed by atoms with Crippen LogP contribution in [0.15, 0.2) is 45.6 Å². The van der Waals surface area contributed by atoms with E-state index in [9.17, 15) is 43.9 Å². The van der Waals surface area contributed by atoms with Crippen LogP contribution in [0.25, 0.3) is 22.3 Å². The van der Waals surface area contributed by atoms with Gasteiger partial charge in [-0.15, -0.1) is 0 Å². The summed E-state index contributed by atoms with van der Waals surface area (Å²) in [6.45, 7) is -0.699. The Kier molecular flexibility index (Phi) is 6.80. The fourth-order valence-corrected chi connectivity index (χ4v) is 3.95. The standard InChI is InChI=1S/C21H20O14S/c22-7-16-18(26)19(27)20(28)21(34-16)33-14-3-8(1-2-10(14)23)13-6-12(25)17-11(24)4-9(5-15(17)32-13)35-36(29,30)31/h1-6,16,18-24,26-28H,7H2,(H,29,30,31)/t16-,18-,19-,20-,21-/m1/s1. The van der Waals surface area contributed by atoms with E-state index in [2.05, 4.69) is 4.18 Å². The van der Waals surface area contributed by atoms with Crippen LogP contribution in [0.2, 0.25) is 0 Å². The van der Waals surface area contributed by atoms with Gasteiger partial charge in [0.05, 0.1) is 6.61 Å². The third kappa shape index (κ3) is 5.07. The van der Waals surface area contributed by atoms with Crippen LogP contribution in [-0.4, -0.2) is 80.9 Å². The number of rotatable bonds is 6. The van der Waals surface area contributed by atoms with Crippen molar-refractivity contribution in [1.82, 2.24) is 0 Å². The summed E-state index contributed by atoms with van der Waals surface area (Å²) in [5.41, 5.74) is -0.903. The minimum atomic E-state index is -4.93. The molecule has 14 nitrogen and oxygen atoms in total. The highest BCUT2D eigenvalue weighted by molar-refractivity contribution is 7.81. The van der Waals surface area contributed by atoms with E-state index in [4.69, 9.17) is 18.4 Å². The molecule has 15 heteroatoms. The summed E-state index contributed by atoms with van der Waals surface area (Å²) < 4.78 is 51.4. The molecule has 0 saturated carbocycles. The van der Waals surface area contributed by atoms with Crippen molar-refractivity contribution in [2.75, 3.05) is 6.61 Å². The maximum atomic E-state index is 12.6. The molecule has 1 saturated heterocycles. The maximum absolute atomic E-state index is 12.6. The molecule has 7 N–H and O–H groups in total. The van der Waals surface area contributed by atoms with Crippen molar-refractivity contribution in [2.24, 2.45) is 0 Å². The van der Waals surface area contributed by atoms with Gasteiger partial charge in [-0.2, -0.15) is 8.42 Å². The van der Waals surface area contributed by atoms with Gasteiger partial charge in [-0.3, -0.25) is 9.35 Å². The average Bonchev–Trinajstić information content (AvgIpc) is 2.79. The molecule has 194 valence electrons. The zero-order valence-electron chi connectivity index (χ0n) is 18.0. The number of hydrogen-bond acceptors (Lipinski definition) is 13. The maximum Gasteiger partial charge on any atom is 0.446 e. The van der Waals surface area contributed by atoms with E-state index < -0.39 is 70.4 Å². The SMILES string of the molecule is O=c1cc(-c2ccc(O)c(O[C@@H]3O[C@H](CO)[C@@H](O)[C@@H](O)[C@H]3O)c2)oc2cc(OS(=O)(=O)O)cc(O)c12. The minimum absolute atomic E-state index is 0.130. The van der Waals surface area contributed by atoms with Crippen LogP contribution in [0.5, 0.6) is 23.0 Å². The number of phenolic OH excluding ortho intramolecular Hbond substituents is 2. The number of aliphatic hydroxyl groups excluding tert-OH is 4. The first-order valence-electron chi connectivity index (χ1n) is 10.2. The molecule has 0 radical (unpaired) electrons. The molecule has 0 bridgehead atoms. The van der Waals surface area contributed by atoms with Crippen molar-refractivity contribution in [3.8, 4) is 34.3 Å². The first kappa shape index (κ1) is 25.6. The van der Waals surface area contributed by atoms with Gasteiger partial charge in [0.25, 0.3) is 0 Å². The van der Waals surface area contributed by atoms with Gasteiger partial charge in [0.2, 0.25) is 6.29 Å². The monoisotopic (exact) mass is 528 g/mol. The minimum Gasteiger partial charge on any atom is -0.507 e. The number of hydrogen-bond donors (Lipinski definition) is 7. The normalized spacial score (nSPS) is 24.5. The van der Waals surface area contributed by atoms with Gasteiger partial charge in [0.15, 0.2) is 22.7 Å². The van der Waals surface area contributed by atoms with E-state index in [1.54, 1.807) is 0 Å². The smallest absolute Gasteiger partial charge is 0.446 e. The first-order chi connectivity index (χ1) is 16.9. The molecule has 0 spiro atoms. The molecule has 2 aromatic carbocycles. The summed E-state index contributed by atoms with van der Waals surface area (Å²) >= 11 is 0. The zero-order valence-corrected chi connectivity index (χ0v) is 18.8. The highest BCUT2D eigenvalue weighted by atomic mass is 32.3. The fraction of sp³-hybridized carbons (Fsp3) is 0.286. The van der Waals surface area contributed by atoms with Gasteiger partial charge in [-0.1, -0.05) is 0 Å². The molecule has 1 aliphatic rings. The molecule has 5 atom stereocenters. The number of phenols is 2. The molecule has 4 rings (SSSR count). The van der Waals surface area contributed by atoms with E-state index in [1.807, 2.05) is 0 Å². The number of aliphatic hydroxyl groups is 4. The Morgan fingerprint density at radius 1 is 0.944 bits per heavy atom. The van der Waals surface area contributed by atoms with E-state index >= 15 is 0 Å². The van der Waals surface area contributed by atoms with Gasteiger partial charge in [0.1, 0.15) is 46.9 Å². The van der Waals surface area contributed by atoms with Gasteiger partial charge in [0, 0.05) is 23.8 Å². The molecule has 0 unspecified atom stereocenters. The van der Waals surface area contributed by atoms with Gasteiger partial charge in [-0.05, 0) is 18.2 Å². The highest BCUT2D eigenvalue weighted by Gasteiger charge is 2.45. The third-order valence-electron chi connectivity index (χ3n) is 5.32. The van der Waals surface area contributed by atoms with Gasteiger partial charge >= 0.3 is 10.4 Å². The van der Waals surface area contributed by atoms with Crippen molar-refractivity contribution in [3.63, 3.8) is 0 Å². The lowest BCUT2D eigenvalue weighted by Gasteiger charge is -2.39. The topological polar surface area (TPSA) is 234 Å². The third-order valence-corrected chi connectivity index (χ3v) is 5.72. The van der Waals surface area contributed by atoms with Crippen LogP contribution in [0.4, 0.5) is 0 Å². The highest BCUT2D eigenvalue weighted by Crippen LogP contribution is 2.36. The van der Waals surface area contributed by atoms with Crippen molar-refractivity contribution in [2.45, 2.75) is 30.7 Å². The predicted molar refractivity (Wildman–Crippen MR) is 118 cm³/mol. The summed E-state index contributed by atoms with van der Waals surface area (Å²) in [7, 11) is -4.93. The number of aromatic hydroxyl groups is 2. The zero-order chi connectivity index (χ0) is 26.4. The van der Waals surface area contributed by atoms with E-state index in [0.717, 1.165) is 24.3 Å². The molecule has 36 heavy (non-hydrogen) atoms. The molecule has 3 aromatic rings.